The van der Waals surface area contributed by atoms with E-state index >= 15 is 0 Å². The average Bonchev–Trinajstić information content (AvgIpc) is 2.92. The number of amides is 1. The van der Waals surface area contributed by atoms with Crippen LogP contribution in [0, 0.1) is 0 Å². The Hall–Kier alpha value is -1.36. The van der Waals surface area contributed by atoms with Gasteiger partial charge in [-0.05, 0) is 37.6 Å². The van der Waals surface area contributed by atoms with Crippen LogP contribution in [-0.2, 0) is 9.53 Å². The number of carbonyl (C=O) groups excluding carboxylic acids is 2. The van der Waals surface area contributed by atoms with E-state index in [1.165, 1.54) is 11.3 Å². The second-order valence-corrected chi connectivity index (χ2v) is 5.19. The molecule has 1 aromatic heterocycles. The van der Waals surface area contributed by atoms with Crippen LogP contribution in [0.2, 0.25) is 0 Å². The maximum Gasteiger partial charge on any atom is 0.328 e. The first-order valence-corrected chi connectivity index (χ1v) is 7.13. The summed E-state index contributed by atoms with van der Waals surface area (Å²) in [6, 6.07) is 3.23. The number of piperidine rings is 1. The van der Waals surface area contributed by atoms with Crippen molar-refractivity contribution in [2.24, 2.45) is 0 Å². The lowest BCUT2D eigenvalue weighted by Crippen LogP contribution is -2.48. The van der Waals surface area contributed by atoms with Gasteiger partial charge in [-0.1, -0.05) is 6.07 Å². The van der Waals surface area contributed by atoms with Gasteiger partial charge in [0.25, 0.3) is 5.91 Å². The minimum absolute atomic E-state index is 0.0530. The van der Waals surface area contributed by atoms with Crippen LogP contribution in [0.5, 0.6) is 0 Å². The van der Waals surface area contributed by atoms with Crippen LogP contribution in [-0.4, -0.2) is 36.0 Å². The lowest BCUT2D eigenvalue weighted by molar-refractivity contribution is -0.149. The number of nitrogens with zero attached hydrogens (tertiary/aromatic N) is 1. The molecule has 98 valence electrons. The summed E-state index contributed by atoms with van der Waals surface area (Å²) in [5.41, 5.74) is 0. The van der Waals surface area contributed by atoms with Crippen molar-refractivity contribution in [1.29, 1.82) is 0 Å². The van der Waals surface area contributed by atoms with Crippen molar-refractivity contribution in [3.05, 3.63) is 22.4 Å². The Bertz CT molecular complexity index is 416. The van der Waals surface area contributed by atoms with Gasteiger partial charge in [0.15, 0.2) is 0 Å². The molecule has 0 N–H and O–H groups in total. The van der Waals surface area contributed by atoms with Crippen LogP contribution in [0.4, 0.5) is 0 Å². The van der Waals surface area contributed by atoms with Crippen molar-refractivity contribution in [2.75, 3.05) is 13.2 Å². The van der Waals surface area contributed by atoms with Gasteiger partial charge in [0.2, 0.25) is 0 Å². The number of hydrogen-bond donors (Lipinski definition) is 0. The molecule has 0 bridgehead atoms. The predicted octanol–water partition coefficient (Wildman–Crippen LogP) is 2.31. The third kappa shape index (κ3) is 2.72. The number of likely N-dealkylation sites (tertiary alicyclic amines) is 1. The molecule has 5 heteroatoms. The van der Waals surface area contributed by atoms with E-state index in [0.717, 1.165) is 12.8 Å². The maximum atomic E-state index is 12.3. The molecule has 2 heterocycles. The molecule has 0 saturated carbocycles. The molecule has 2 rings (SSSR count). The minimum Gasteiger partial charge on any atom is -0.464 e. The van der Waals surface area contributed by atoms with E-state index in [4.69, 9.17) is 4.74 Å². The smallest absolute Gasteiger partial charge is 0.328 e. The first kappa shape index (κ1) is 13.1. The SMILES string of the molecule is CCOC(=O)[C@@H]1CCCCN1C(=O)c1cccs1. The first-order chi connectivity index (χ1) is 8.74. The monoisotopic (exact) mass is 267 g/mol. The highest BCUT2D eigenvalue weighted by atomic mass is 32.1. The van der Waals surface area contributed by atoms with Crippen molar-refractivity contribution in [1.82, 2.24) is 4.90 Å². The van der Waals surface area contributed by atoms with Crippen LogP contribution >= 0.6 is 11.3 Å². The Morgan fingerprint density at radius 1 is 1.50 bits per heavy atom. The largest absolute Gasteiger partial charge is 0.464 e. The number of ether oxygens (including phenoxy) is 1. The van der Waals surface area contributed by atoms with Gasteiger partial charge in [-0.2, -0.15) is 0 Å². The third-order valence-electron chi connectivity index (χ3n) is 3.05. The van der Waals surface area contributed by atoms with Crippen molar-refractivity contribution in [3.63, 3.8) is 0 Å². The van der Waals surface area contributed by atoms with E-state index in [9.17, 15) is 9.59 Å². The molecule has 1 fully saturated rings. The van der Waals surface area contributed by atoms with E-state index in [2.05, 4.69) is 0 Å². The van der Waals surface area contributed by atoms with E-state index in [1.54, 1.807) is 17.9 Å². The highest BCUT2D eigenvalue weighted by molar-refractivity contribution is 7.12. The molecule has 0 unspecified atom stereocenters. The summed E-state index contributed by atoms with van der Waals surface area (Å²) in [6.07, 6.45) is 2.63. The Morgan fingerprint density at radius 3 is 3.00 bits per heavy atom. The highest BCUT2D eigenvalue weighted by Crippen LogP contribution is 2.22. The Kier molecular flexibility index (Phi) is 4.36. The van der Waals surface area contributed by atoms with Gasteiger partial charge in [-0.3, -0.25) is 4.79 Å². The van der Waals surface area contributed by atoms with Crippen LogP contribution < -0.4 is 0 Å². The summed E-state index contributed by atoms with van der Waals surface area (Å²) >= 11 is 1.41. The van der Waals surface area contributed by atoms with Crippen molar-refractivity contribution in [3.8, 4) is 0 Å². The Balaban J connectivity index is 2.12. The Labute approximate surface area is 111 Å². The molecule has 1 amide bonds. The summed E-state index contributed by atoms with van der Waals surface area (Å²) in [4.78, 5) is 26.5. The summed E-state index contributed by atoms with van der Waals surface area (Å²) in [5.74, 6) is -0.329. The van der Waals surface area contributed by atoms with Gasteiger partial charge in [-0.15, -0.1) is 11.3 Å². The highest BCUT2D eigenvalue weighted by Gasteiger charge is 2.33. The number of carbonyl (C=O) groups is 2. The molecule has 1 atom stereocenters. The second kappa shape index (κ2) is 6.00. The van der Waals surface area contributed by atoms with Gasteiger partial charge < -0.3 is 9.64 Å². The van der Waals surface area contributed by atoms with Crippen molar-refractivity contribution in [2.45, 2.75) is 32.2 Å². The summed E-state index contributed by atoms with van der Waals surface area (Å²) in [7, 11) is 0. The average molecular weight is 267 g/mol. The molecule has 1 aliphatic rings. The fourth-order valence-electron chi connectivity index (χ4n) is 2.20. The van der Waals surface area contributed by atoms with Gasteiger partial charge in [0.1, 0.15) is 6.04 Å². The first-order valence-electron chi connectivity index (χ1n) is 6.25. The molecule has 0 aliphatic carbocycles. The van der Waals surface area contributed by atoms with Gasteiger partial charge >= 0.3 is 5.97 Å². The molecule has 0 aromatic carbocycles. The van der Waals surface area contributed by atoms with Crippen LogP contribution in [0.25, 0.3) is 0 Å². The van der Waals surface area contributed by atoms with E-state index in [-0.39, 0.29) is 11.9 Å². The van der Waals surface area contributed by atoms with Gasteiger partial charge in [-0.25, -0.2) is 4.79 Å². The van der Waals surface area contributed by atoms with E-state index < -0.39 is 6.04 Å². The zero-order valence-corrected chi connectivity index (χ0v) is 11.2. The second-order valence-electron chi connectivity index (χ2n) is 4.24. The lowest BCUT2D eigenvalue weighted by atomic mass is 10.0. The molecular weight excluding hydrogens is 250 g/mol. The number of esters is 1. The van der Waals surface area contributed by atoms with Crippen LogP contribution in [0.3, 0.4) is 0 Å². The minimum atomic E-state index is -0.409. The van der Waals surface area contributed by atoms with Gasteiger partial charge in [0, 0.05) is 6.54 Å². The molecular formula is C13H17NO3S. The zero-order valence-electron chi connectivity index (χ0n) is 10.4. The molecule has 0 spiro atoms. The van der Waals surface area contributed by atoms with Gasteiger partial charge in [0.05, 0.1) is 11.5 Å². The molecule has 1 saturated heterocycles. The fraction of sp³-hybridized carbons (Fsp3) is 0.538. The number of thiophene rings is 1. The molecule has 4 nitrogen and oxygen atoms in total. The molecule has 0 radical (unpaired) electrons. The lowest BCUT2D eigenvalue weighted by Gasteiger charge is -2.33. The maximum absolute atomic E-state index is 12.3. The molecule has 1 aliphatic heterocycles. The van der Waals surface area contributed by atoms with E-state index in [1.807, 2.05) is 11.4 Å². The topological polar surface area (TPSA) is 46.6 Å². The Morgan fingerprint density at radius 2 is 2.33 bits per heavy atom. The normalized spacial score (nSPS) is 19.6. The van der Waals surface area contributed by atoms with Crippen LogP contribution in [0.15, 0.2) is 17.5 Å². The third-order valence-corrected chi connectivity index (χ3v) is 3.91. The zero-order chi connectivity index (χ0) is 13.0. The standard InChI is InChI=1S/C13H17NO3S/c1-2-17-13(16)10-6-3-4-8-14(10)12(15)11-7-5-9-18-11/h5,7,9-10H,2-4,6,8H2,1H3/t10-/m0/s1. The fourth-order valence-corrected chi connectivity index (χ4v) is 2.88. The summed E-state index contributed by atoms with van der Waals surface area (Å²) in [5, 5.41) is 1.87. The van der Waals surface area contributed by atoms with Crippen molar-refractivity contribution < 1.29 is 14.3 Å². The summed E-state index contributed by atoms with van der Waals surface area (Å²) in [6.45, 7) is 2.78. The number of hydrogen-bond acceptors (Lipinski definition) is 4. The predicted molar refractivity (Wildman–Crippen MR) is 69.6 cm³/mol. The van der Waals surface area contributed by atoms with E-state index in [0.29, 0.717) is 24.4 Å². The number of rotatable bonds is 3. The van der Waals surface area contributed by atoms with Crippen molar-refractivity contribution >= 4 is 23.2 Å². The molecule has 1 aromatic rings. The quantitative estimate of drug-likeness (QED) is 0.789. The summed E-state index contributed by atoms with van der Waals surface area (Å²) < 4.78 is 5.05. The molecule has 18 heavy (non-hydrogen) atoms. The van der Waals surface area contributed by atoms with Crippen LogP contribution in [0.1, 0.15) is 35.9 Å².